The third-order valence-corrected chi connectivity index (χ3v) is 4.62. The third-order valence-electron chi connectivity index (χ3n) is 4.62. The number of benzene rings is 2. The highest BCUT2D eigenvalue weighted by Crippen LogP contribution is 2.24. The van der Waals surface area contributed by atoms with Gasteiger partial charge in [0.2, 0.25) is 11.8 Å². The van der Waals surface area contributed by atoms with Crippen LogP contribution in [0.1, 0.15) is 19.8 Å². The SMILES string of the molecule is CC(=O)N(CC(=O)Nc1ccc(F)c(F)c1F)c1ccc(N2CCCC2)cc1. The number of carbonyl (C=O) groups excluding carboxylic acids is 2. The number of amides is 2. The lowest BCUT2D eigenvalue weighted by atomic mass is 10.2. The van der Waals surface area contributed by atoms with E-state index in [0.717, 1.165) is 37.7 Å². The fourth-order valence-corrected chi connectivity index (χ4v) is 3.16. The number of halogens is 3. The van der Waals surface area contributed by atoms with E-state index in [0.29, 0.717) is 11.8 Å². The first-order valence-electron chi connectivity index (χ1n) is 8.93. The van der Waals surface area contributed by atoms with Crippen molar-refractivity contribution in [2.24, 2.45) is 0 Å². The van der Waals surface area contributed by atoms with E-state index in [2.05, 4.69) is 10.2 Å². The summed E-state index contributed by atoms with van der Waals surface area (Å²) in [6.45, 7) is 2.88. The van der Waals surface area contributed by atoms with E-state index in [4.69, 9.17) is 0 Å². The second kappa shape index (κ2) is 8.33. The average molecular weight is 391 g/mol. The van der Waals surface area contributed by atoms with Crippen LogP contribution in [0.2, 0.25) is 0 Å². The molecule has 0 aromatic heterocycles. The number of nitrogens with one attached hydrogen (secondary N) is 1. The van der Waals surface area contributed by atoms with Crippen molar-refractivity contribution in [3.63, 3.8) is 0 Å². The molecule has 2 aromatic rings. The first-order valence-corrected chi connectivity index (χ1v) is 8.93. The van der Waals surface area contributed by atoms with Crippen molar-refractivity contribution >= 4 is 28.9 Å². The lowest BCUT2D eigenvalue weighted by Gasteiger charge is -2.23. The molecular weight excluding hydrogens is 371 g/mol. The van der Waals surface area contributed by atoms with Crippen molar-refractivity contribution in [1.29, 1.82) is 0 Å². The lowest BCUT2D eigenvalue weighted by Crippen LogP contribution is -2.36. The van der Waals surface area contributed by atoms with Crippen molar-refractivity contribution in [1.82, 2.24) is 0 Å². The van der Waals surface area contributed by atoms with E-state index >= 15 is 0 Å². The molecule has 1 N–H and O–H groups in total. The molecule has 148 valence electrons. The van der Waals surface area contributed by atoms with Gasteiger partial charge in [-0.3, -0.25) is 9.59 Å². The number of nitrogens with zero attached hydrogens (tertiary/aromatic N) is 2. The molecule has 1 aliphatic rings. The minimum Gasteiger partial charge on any atom is -0.372 e. The summed E-state index contributed by atoms with van der Waals surface area (Å²) in [6, 6.07) is 8.87. The molecule has 0 bridgehead atoms. The summed E-state index contributed by atoms with van der Waals surface area (Å²) in [6.07, 6.45) is 2.28. The number of carbonyl (C=O) groups is 2. The zero-order valence-electron chi connectivity index (χ0n) is 15.3. The predicted octanol–water partition coefficient (Wildman–Crippen LogP) is 3.70. The summed E-state index contributed by atoms with van der Waals surface area (Å²) in [5, 5.41) is 2.17. The van der Waals surface area contributed by atoms with E-state index in [1.54, 1.807) is 12.1 Å². The quantitative estimate of drug-likeness (QED) is 0.791. The smallest absolute Gasteiger partial charge is 0.244 e. The highest BCUT2D eigenvalue weighted by atomic mass is 19.2. The van der Waals surface area contributed by atoms with Gasteiger partial charge in [-0.05, 0) is 49.2 Å². The molecule has 1 saturated heterocycles. The molecular formula is C20H20F3N3O2. The van der Waals surface area contributed by atoms with Crippen LogP contribution in [0.4, 0.5) is 30.2 Å². The second-order valence-electron chi connectivity index (χ2n) is 6.59. The Labute approximate surface area is 160 Å². The van der Waals surface area contributed by atoms with Gasteiger partial charge in [-0.2, -0.15) is 0 Å². The summed E-state index contributed by atoms with van der Waals surface area (Å²) in [5.41, 5.74) is 1.06. The zero-order chi connectivity index (χ0) is 20.3. The molecule has 8 heteroatoms. The standard InChI is InChI=1S/C20H20F3N3O2/c1-13(27)26(15-6-4-14(5-7-15)25-10-2-3-11-25)12-18(28)24-17-9-8-16(21)19(22)20(17)23/h4-9H,2-3,10-12H2,1H3,(H,24,28). The minimum atomic E-state index is -1.67. The maximum atomic E-state index is 13.7. The monoisotopic (exact) mass is 391 g/mol. The van der Waals surface area contributed by atoms with Gasteiger partial charge in [0.05, 0.1) is 5.69 Å². The van der Waals surface area contributed by atoms with Crippen LogP contribution in [0.3, 0.4) is 0 Å². The van der Waals surface area contributed by atoms with Gasteiger partial charge in [0.15, 0.2) is 17.5 Å². The third kappa shape index (κ3) is 4.27. The van der Waals surface area contributed by atoms with Crippen molar-refractivity contribution < 1.29 is 22.8 Å². The van der Waals surface area contributed by atoms with Crippen LogP contribution in [0.5, 0.6) is 0 Å². The molecule has 1 fully saturated rings. The Morgan fingerprint density at radius 3 is 2.25 bits per heavy atom. The van der Waals surface area contributed by atoms with Crippen molar-refractivity contribution in [2.75, 3.05) is 34.8 Å². The Bertz CT molecular complexity index is 881. The highest BCUT2D eigenvalue weighted by Gasteiger charge is 2.20. The van der Waals surface area contributed by atoms with Crippen molar-refractivity contribution in [3.8, 4) is 0 Å². The van der Waals surface area contributed by atoms with Crippen LogP contribution < -0.4 is 15.1 Å². The second-order valence-corrected chi connectivity index (χ2v) is 6.59. The number of hydrogen-bond donors (Lipinski definition) is 1. The van der Waals surface area contributed by atoms with Crippen LogP contribution in [0.25, 0.3) is 0 Å². The van der Waals surface area contributed by atoms with Gasteiger partial charge in [-0.15, -0.1) is 0 Å². The molecule has 3 rings (SSSR count). The number of hydrogen-bond acceptors (Lipinski definition) is 3. The molecule has 2 aromatic carbocycles. The van der Waals surface area contributed by atoms with Crippen LogP contribution >= 0.6 is 0 Å². The van der Waals surface area contributed by atoms with Crippen molar-refractivity contribution in [2.45, 2.75) is 19.8 Å². The van der Waals surface area contributed by atoms with Crippen LogP contribution in [-0.4, -0.2) is 31.4 Å². The molecule has 0 unspecified atom stereocenters. The Hall–Kier alpha value is -3.03. The molecule has 0 radical (unpaired) electrons. The summed E-state index contributed by atoms with van der Waals surface area (Å²) < 4.78 is 40.0. The summed E-state index contributed by atoms with van der Waals surface area (Å²) >= 11 is 0. The first-order chi connectivity index (χ1) is 13.4. The Morgan fingerprint density at radius 1 is 1.00 bits per heavy atom. The molecule has 1 aliphatic heterocycles. The van der Waals surface area contributed by atoms with Crippen LogP contribution in [0.15, 0.2) is 36.4 Å². The summed E-state index contributed by atoms with van der Waals surface area (Å²) in [7, 11) is 0. The van der Waals surface area contributed by atoms with E-state index in [-0.39, 0.29) is 5.91 Å². The topological polar surface area (TPSA) is 52.7 Å². The van der Waals surface area contributed by atoms with Crippen LogP contribution in [0, 0.1) is 17.5 Å². The average Bonchev–Trinajstić information content (AvgIpc) is 3.21. The maximum absolute atomic E-state index is 13.7. The van der Waals surface area contributed by atoms with Gasteiger partial charge in [-0.25, -0.2) is 13.2 Å². The van der Waals surface area contributed by atoms with E-state index in [9.17, 15) is 22.8 Å². The largest absolute Gasteiger partial charge is 0.372 e. The van der Waals surface area contributed by atoms with Gasteiger partial charge < -0.3 is 15.1 Å². The molecule has 1 heterocycles. The molecule has 5 nitrogen and oxygen atoms in total. The van der Waals surface area contributed by atoms with Crippen molar-refractivity contribution in [3.05, 3.63) is 53.8 Å². The fourth-order valence-electron chi connectivity index (χ4n) is 3.16. The Kier molecular flexibility index (Phi) is 5.87. The fraction of sp³-hybridized carbons (Fsp3) is 0.300. The van der Waals surface area contributed by atoms with Crippen LogP contribution in [-0.2, 0) is 9.59 Å². The predicted molar refractivity (Wildman–Crippen MR) is 101 cm³/mol. The van der Waals surface area contributed by atoms with E-state index in [1.807, 2.05) is 12.1 Å². The van der Waals surface area contributed by atoms with Gasteiger partial charge in [-0.1, -0.05) is 0 Å². The molecule has 0 spiro atoms. The van der Waals surface area contributed by atoms with Gasteiger partial charge >= 0.3 is 0 Å². The Morgan fingerprint density at radius 2 is 1.64 bits per heavy atom. The van der Waals surface area contributed by atoms with Gasteiger partial charge in [0, 0.05) is 31.4 Å². The molecule has 2 amide bonds. The summed E-state index contributed by atoms with van der Waals surface area (Å²) in [4.78, 5) is 27.7. The normalized spacial score (nSPS) is 13.5. The highest BCUT2D eigenvalue weighted by molar-refractivity contribution is 6.01. The van der Waals surface area contributed by atoms with Gasteiger partial charge in [0.1, 0.15) is 6.54 Å². The lowest BCUT2D eigenvalue weighted by molar-refractivity contribution is -0.120. The molecule has 0 saturated carbocycles. The molecule has 0 aliphatic carbocycles. The zero-order valence-corrected chi connectivity index (χ0v) is 15.3. The minimum absolute atomic E-state index is 0.380. The van der Waals surface area contributed by atoms with Gasteiger partial charge in [0.25, 0.3) is 0 Å². The maximum Gasteiger partial charge on any atom is 0.244 e. The molecule has 0 atom stereocenters. The first kappa shape index (κ1) is 19.7. The van der Waals surface area contributed by atoms with E-state index < -0.39 is 35.6 Å². The number of anilines is 3. The summed E-state index contributed by atoms with van der Waals surface area (Å²) in [5.74, 6) is -5.62. The van der Waals surface area contributed by atoms with E-state index in [1.165, 1.54) is 11.8 Å². The Balaban J connectivity index is 1.71. The number of rotatable bonds is 5. The molecule has 28 heavy (non-hydrogen) atoms.